The predicted octanol–water partition coefficient (Wildman–Crippen LogP) is 2.19. The highest BCUT2D eigenvalue weighted by molar-refractivity contribution is 8.00. The molecule has 3 atom stereocenters. The molecular weight excluding hydrogens is 350 g/mol. The molecule has 0 spiro atoms. The van der Waals surface area contributed by atoms with Gasteiger partial charge in [-0.25, -0.2) is 4.79 Å². The number of carbonyl (C=O) groups excluding carboxylic acids is 2. The van der Waals surface area contributed by atoms with Crippen molar-refractivity contribution >= 4 is 35.6 Å². The molecule has 138 valence electrons. The van der Waals surface area contributed by atoms with Gasteiger partial charge in [0.25, 0.3) is 6.21 Å². The number of nitrogens with zero attached hydrogens (tertiary/aromatic N) is 2. The summed E-state index contributed by atoms with van der Waals surface area (Å²) in [7, 11) is 0. The summed E-state index contributed by atoms with van der Waals surface area (Å²) in [6.45, 7) is 0. The van der Waals surface area contributed by atoms with Crippen molar-refractivity contribution < 1.29 is 14.4 Å². The average Bonchev–Trinajstić information content (AvgIpc) is 3.16. The van der Waals surface area contributed by atoms with Gasteiger partial charge in [0.15, 0.2) is 0 Å². The van der Waals surface area contributed by atoms with E-state index in [9.17, 15) is 9.59 Å². The molecule has 1 aromatic rings. The van der Waals surface area contributed by atoms with Crippen molar-refractivity contribution in [3.8, 4) is 0 Å². The molecule has 3 amide bonds. The maximum Gasteiger partial charge on any atom is 0.315 e. The number of unbranched alkanes of at least 4 members (excludes halogenated alkanes) is 1. The lowest BCUT2D eigenvalue weighted by molar-refractivity contribution is -0.116. The first-order valence-electron chi connectivity index (χ1n) is 8.89. The Morgan fingerprint density at radius 2 is 2.27 bits per heavy atom. The number of anilines is 1. The van der Waals surface area contributed by atoms with E-state index in [0.717, 1.165) is 36.3 Å². The average molecular weight is 373 g/mol. The van der Waals surface area contributed by atoms with Crippen LogP contribution in [0.4, 0.5) is 10.5 Å². The number of rotatable bonds is 8. The van der Waals surface area contributed by atoms with Crippen LogP contribution >= 0.6 is 11.8 Å². The zero-order valence-corrected chi connectivity index (χ0v) is 15.3. The van der Waals surface area contributed by atoms with E-state index in [2.05, 4.69) is 20.7 Å². The third-order valence-corrected chi connectivity index (χ3v) is 6.21. The Morgan fingerprint density at radius 1 is 1.38 bits per heavy atom. The van der Waals surface area contributed by atoms with Crippen LogP contribution in [0.15, 0.2) is 24.3 Å². The largest absolute Gasteiger partial charge is 0.362 e. The molecule has 3 N–H and O–H groups in total. The first-order chi connectivity index (χ1) is 12.7. The molecular formula is C18H23N5O2S. The number of hydrogen-bond acceptors (Lipinski definition) is 3. The van der Waals surface area contributed by atoms with Crippen LogP contribution in [0.25, 0.3) is 5.53 Å². The number of carbonyl (C=O) groups is 2. The van der Waals surface area contributed by atoms with Crippen molar-refractivity contribution in [1.82, 2.24) is 10.6 Å². The summed E-state index contributed by atoms with van der Waals surface area (Å²) in [5.74, 6) is 0.970. The van der Waals surface area contributed by atoms with Crippen molar-refractivity contribution in [2.45, 2.75) is 49.4 Å². The second-order valence-corrected chi connectivity index (χ2v) is 7.89. The van der Waals surface area contributed by atoms with E-state index >= 15 is 0 Å². The van der Waals surface area contributed by atoms with Gasteiger partial charge in [0.1, 0.15) is 0 Å². The Balaban J connectivity index is 1.37. The lowest BCUT2D eigenvalue weighted by Gasteiger charge is -2.16. The Labute approximate surface area is 156 Å². The molecule has 26 heavy (non-hydrogen) atoms. The van der Waals surface area contributed by atoms with Gasteiger partial charge in [-0.1, -0.05) is 18.6 Å². The highest BCUT2D eigenvalue weighted by atomic mass is 32.2. The molecule has 2 fully saturated rings. The molecule has 0 aliphatic carbocycles. The van der Waals surface area contributed by atoms with Crippen LogP contribution in [0, 0.1) is 0 Å². The topological polar surface area (TPSA) is 107 Å². The maximum atomic E-state index is 12.1. The number of amides is 3. The van der Waals surface area contributed by atoms with Gasteiger partial charge < -0.3 is 21.5 Å². The molecule has 0 unspecified atom stereocenters. The Hall–Kier alpha value is -2.31. The van der Waals surface area contributed by atoms with Crippen LogP contribution in [0.3, 0.4) is 0 Å². The van der Waals surface area contributed by atoms with Crippen LogP contribution < -0.4 is 16.0 Å². The molecule has 1 aromatic carbocycles. The highest BCUT2D eigenvalue weighted by Gasteiger charge is 2.42. The molecule has 0 radical (unpaired) electrons. The second kappa shape index (κ2) is 8.87. The van der Waals surface area contributed by atoms with E-state index in [1.165, 1.54) is 6.21 Å². The quantitative estimate of drug-likeness (QED) is 0.214. The summed E-state index contributed by atoms with van der Waals surface area (Å²) >= 11 is 1.90. The van der Waals surface area contributed by atoms with E-state index in [1.807, 2.05) is 36.0 Å². The Morgan fingerprint density at radius 3 is 3.12 bits per heavy atom. The lowest BCUT2D eigenvalue weighted by atomic mass is 10.0. The molecule has 8 heteroatoms. The van der Waals surface area contributed by atoms with Gasteiger partial charge in [0, 0.05) is 23.1 Å². The number of nitrogens with one attached hydrogen (secondary N) is 3. The number of fused-ring (bicyclic) bond motifs is 1. The van der Waals surface area contributed by atoms with Gasteiger partial charge in [-0.2, -0.15) is 16.6 Å². The van der Waals surface area contributed by atoms with Gasteiger partial charge in [0.2, 0.25) is 5.91 Å². The standard InChI is InChI=1S/C18H23N5O2S/c19-20-9-8-12-4-3-5-13(10-12)21-16(24)7-2-1-6-15-17-14(11-26-15)22-18(25)23-17/h3-5,9-10,14-15,17H,1-2,6-8,11H2,(H,21,24)(H2,22,23,25)/t14-,15-,17-/m0/s1. The molecule has 2 aliphatic heterocycles. The van der Waals surface area contributed by atoms with Crippen molar-refractivity contribution in [3.63, 3.8) is 0 Å². The fourth-order valence-corrected chi connectivity index (χ4v) is 4.96. The summed E-state index contributed by atoms with van der Waals surface area (Å²) in [6.07, 6.45) is 5.23. The zero-order chi connectivity index (χ0) is 18.4. The molecule has 0 bridgehead atoms. The summed E-state index contributed by atoms with van der Waals surface area (Å²) < 4.78 is 0. The smallest absolute Gasteiger partial charge is 0.315 e. The molecule has 2 heterocycles. The second-order valence-electron chi connectivity index (χ2n) is 6.62. The number of benzene rings is 1. The third kappa shape index (κ3) is 4.86. The minimum Gasteiger partial charge on any atom is -0.362 e. The monoisotopic (exact) mass is 373 g/mol. The van der Waals surface area contributed by atoms with E-state index in [0.29, 0.717) is 18.1 Å². The lowest BCUT2D eigenvalue weighted by Crippen LogP contribution is -2.36. The van der Waals surface area contributed by atoms with Crippen molar-refractivity contribution in [2.75, 3.05) is 11.1 Å². The Bertz CT molecular complexity index is 719. The minimum atomic E-state index is -0.0582. The van der Waals surface area contributed by atoms with E-state index in [-0.39, 0.29) is 24.0 Å². The van der Waals surface area contributed by atoms with E-state index in [1.54, 1.807) is 0 Å². The minimum absolute atomic E-state index is 0.00534. The van der Waals surface area contributed by atoms with Crippen molar-refractivity contribution in [3.05, 3.63) is 35.4 Å². The van der Waals surface area contributed by atoms with E-state index in [4.69, 9.17) is 5.53 Å². The van der Waals surface area contributed by atoms with Gasteiger partial charge in [-0.05, 0) is 30.5 Å². The van der Waals surface area contributed by atoms with Gasteiger partial charge in [0.05, 0.1) is 18.5 Å². The predicted molar refractivity (Wildman–Crippen MR) is 102 cm³/mol. The summed E-state index contributed by atoms with van der Waals surface area (Å²) in [6, 6.07) is 7.94. The molecule has 7 nitrogen and oxygen atoms in total. The SMILES string of the molecule is [N-]=[N+]=CCc1cccc(NC(=O)CCCC[C@@H]2SC[C@@H]3NC(=O)N[C@@H]32)c1. The molecule has 0 saturated carbocycles. The normalized spacial score (nSPS) is 23.5. The zero-order valence-electron chi connectivity index (χ0n) is 14.5. The van der Waals surface area contributed by atoms with Gasteiger partial charge in [-0.3, -0.25) is 4.79 Å². The number of urea groups is 1. The third-order valence-electron chi connectivity index (χ3n) is 4.70. The van der Waals surface area contributed by atoms with Gasteiger partial charge >= 0.3 is 6.03 Å². The highest BCUT2D eigenvalue weighted by Crippen LogP contribution is 2.33. The van der Waals surface area contributed by atoms with Crippen molar-refractivity contribution in [1.29, 1.82) is 0 Å². The fraction of sp³-hybridized carbons (Fsp3) is 0.500. The summed E-state index contributed by atoms with van der Waals surface area (Å²) in [4.78, 5) is 26.5. The number of hydrogen-bond donors (Lipinski definition) is 3. The van der Waals surface area contributed by atoms with Crippen molar-refractivity contribution in [2.24, 2.45) is 0 Å². The molecule has 2 saturated heterocycles. The summed E-state index contributed by atoms with van der Waals surface area (Å²) in [5.41, 5.74) is 10.2. The van der Waals surface area contributed by atoms with Crippen LogP contribution in [-0.2, 0) is 11.2 Å². The van der Waals surface area contributed by atoms with Crippen LogP contribution in [0.2, 0.25) is 0 Å². The van der Waals surface area contributed by atoms with E-state index < -0.39 is 0 Å². The van der Waals surface area contributed by atoms with Crippen LogP contribution in [0.1, 0.15) is 31.2 Å². The molecule has 3 rings (SSSR count). The Kier molecular flexibility index (Phi) is 6.30. The number of thioether (sulfide) groups is 1. The summed E-state index contributed by atoms with van der Waals surface area (Å²) in [5, 5.41) is 9.28. The van der Waals surface area contributed by atoms with Crippen LogP contribution in [0.5, 0.6) is 0 Å². The fourth-order valence-electron chi connectivity index (χ4n) is 3.42. The first-order valence-corrected chi connectivity index (χ1v) is 9.94. The molecule has 2 aliphatic rings. The van der Waals surface area contributed by atoms with Crippen LogP contribution in [-0.4, -0.2) is 46.0 Å². The first kappa shape index (κ1) is 18.5. The molecule has 0 aromatic heterocycles. The van der Waals surface area contributed by atoms with Gasteiger partial charge in [-0.15, -0.1) is 0 Å². The maximum absolute atomic E-state index is 12.1.